The van der Waals surface area contributed by atoms with E-state index in [0.717, 1.165) is 53.9 Å². The maximum absolute atomic E-state index is 6.27. The number of para-hydroxylation sites is 1. The van der Waals surface area contributed by atoms with Crippen LogP contribution in [-0.4, -0.2) is 48.7 Å². The molecule has 1 saturated carbocycles. The third-order valence-electron chi connectivity index (χ3n) is 8.31. The van der Waals surface area contributed by atoms with Crippen LogP contribution in [0.1, 0.15) is 70.4 Å². The van der Waals surface area contributed by atoms with E-state index in [1.807, 2.05) is 43.3 Å². The van der Waals surface area contributed by atoms with E-state index in [1.54, 1.807) is 0 Å². The number of nitrogens with zero attached hydrogens (tertiary/aromatic N) is 1. The minimum atomic E-state index is -0.459. The molecule has 2 heterocycles. The Balaban J connectivity index is 1.08. The van der Waals surface area contributed by atoms with Gasteiger partial charge >= 0.3 is 7.12 Å². The SMILES string of the molecule is Cc1cccc(-c2nc(COC3CCCC(OCCOc4ccccc4B4OC(C)(C)C(C)(C)O4)C3)c(C)o2)c1. The first-order chi connectivity index (χ1) is 19.1. The Bertz CT molecular complexity index is 1270. The van der Waals surface area contributed by atoms with Crippen molar-refractivity contribution in [3.05, 3.63) is 65.5 Å². The smallest absolute Gasteiger partial charge is 0.492 e. The van der Waals surface area contributed by atoms with Gasteiger partial charge in [-0.25, -0.2) is 4.98 Å². The fraction of sp³-hybridized carbons (Fsp3) is 0.531. The summed E-state index contributed by atoms with van der Waals surface area (Å²) in [4.78, 5) is 4.71. The van der Waals surface area contributed by atoms with Crippen molar-refractivity contribution < 1.29 is 27.9 Å². The Kier molecular flexibility index (Phi) is 8.71. The van der Waals surface area contributed by atoms with Crippen LogP contribution in [0, 0.1) is 13.8 Å². The van der Waals surface area contributed by atoms with Gasteiger partial charge in [0.1, 0.15) is 23.8 Å². The Morgan fingerprint density at radius 2 is 1.62 bits per heavy atom. The molecule has 8 heteroatoms. The first-order valence-corrected chi connectivity index (χ1v) is 14.5. The van der Waals surface area contributed by atoms with Gasteiger partial charge in [0.2, 0.25) is 5.89 Å². The van der Waals surface area contributed by atoms with Crippen LogP contribution in [0.15, 0.2) is 52.9 Å². The van der Waals surface area contributed by atoms with Gasteiger partial charge < -0.3 is 27.9 Å². The van der Waals surface area contributed by atoms with Crippen molar-refractivity contribution in [3.8, 4) is 17.2 Å². The van der Waals surface area contributed by atoms with Gasteiger partial charge in [0.15, 0.2) is 0 Å². The monoisotopic (exact) mass is 547 g/mol. The lowest BCUT2D eigenvalue weighted by Gasteiger charge is -2.32. The number of aryl methyl sites for hydroxylation is 2. The van der Waals surface area contributed by atoms with E-state index in [2.05, 4.69) is 46.8 Å². The van der Waals surface area contributed by atoms with Crippen LogP contribution in [0.2, 0.25) is 0 Å². The summed E-state index contributed by atoms with van der Waals surface area (Å²) in [7, 11) is -0.459. The Morgan fingerprint density at radius 3 is 2.38 bits per heavy atom. The summed E-state index contributed by atoms with van der Waals surface area (Å²) in [5, 5.41) is 0. The minimum absolute atomic E-state index is 0.141. The largest absolute Gasteiger partial charge is 0.498 e. The van der Waals surface area contributed by atoms with E-state index in [-0.39, 0.29) is 12.2 Å². The minimum Gasteiger partial charge on any atom is -0.492 e. The lowest BCUT2D eigenvalue weighted by molar-refractivity contribution is -0.0555. The molecule has 0 radical (unpaired) electrons. The van der Waals surface area contributed by atoms with Crippen molar-refractivity contribution in [2.75, 3.05) is 13.2 Å². The fourth-order valence-corrected chi connectivity index (χ4v) is 5.21. The molecular weight excluding hydrogens is 505 g/mol. The number of aromatic nitrogens is 1. The van der Waals surface area contributed by atoms with Crippen LogP contribution < -0.4 is 10.2 Å². The molecule has 0 N–H and O–H groups in total. The molecule has 2 atom stereocenters. The average molecular weight is 548 g/mol. The number of benzene rings is 2. The lowest BCUT2D eigenvalue weighted by Crippen LogP contribution is -2.41. The molecule has 0 bridgehead atoms. The number of rotatable bonds is 10. The van der Waals surface area contributed by atoms with Crippen molar-refractivity contribution in [2.45, 2.75) is 97.2 Å². The van der Waals surface area contributed by atoms with Gasteiger partial charge in [-0.1, -0.05) is 35.9 Å². The summed E-state index contributed by atoms with van der Waals surface area (Å²) in [5.41, 5.74) is 3.13. The second-order valence-corrected chi connectivity index (χ2v) is 12.0. The Hall–Kier alpha value is -2.65. The molecule has 2 unspecified atom stereocenters. The molecule has 0 spiro atoms. The summed E-state index contributed by atoms with van der Waals surface area (Å²) in [6.45, 7) is 13.7. The normalized spacial score (nSPS) is 22.0. The first kappa shape index (κ1) is 28.9. The second kappa shape index (κ2) is 12.1. The highest BCUT2D eigenvalue weighted by atomic mass is 16.7. The summed E-state index contributed by atoms with van der Waals surface area (Å²) in [6.07, 6.45) is 4.30. The summed E-state index contributed by atoms with van der Waals surface area (Å²) in [5.74, 6) is 2.21. The number of oxazole rings is 1. The maximum atomic E-state index is 6.27. The number of ether oxygens (including phenoxy) is 3. The predicted molar refractivity (Wildman–Crippen MR) is 156 cm³/mol. The van der Waals surface area contributed by atoms with E-state index >= 15 is 0 Å². The topological polar surface area (TPSA) is 72.2 Å². The molecule has 2 fully saturated rings. The molecule has 1 aliphatic carbocycles. The third kappa shape index (κ3) is 6.63. The molecule has 5 rings (SSSR count). The molecular formula is C32H42BNO6. The Labute approximate surface area is 238 Å². The molecule has 7 nitrogen and oxygen atoms in total. The quantitative estimate of drug-likeness (QED) is 0.222. The van der Waals surface area contributed by atoms with Crippen LogP contribution >= 0.6 is 0 Å². The first-order valence-electron chi connectivity index (χ1n) is 14.5. The number of hydrogen-bond donors (Lipinski definition) is 0. The van der Waals surface area contributed by atoms with Crippen molar-refractivity contribution >= 4 is 12.6 Å². The molecule has 3 aromatic rings. The van der Waals surface area contributed by atoms with E-state index in [4.69, 9.17) is 32.9 Å². The maximum Gasteiger partial charge on any atom is 0.498 e. The molecule has 40 heavy (non-hydrogen) atoms. The van der Waals surface area contributed by atoms with Crippen molar-refractivity contribution in [1.29, 1.82) is 0 Å². The van der Waals surface area contributed by atoms with Crippen LogP contribution in [0.3, 0.4) is 0 Å². The van der Waals surface area contributed by atoms with Gasteiger partial charge in [0.05, 0.1) is 36.6 Å². The summed E-state index contributed by atoms with van der Waals surface area (Å²) < 4.78 is 37.0. The predicted octanol–water partition coefficient (Wildman–Crippen LogP) is 6.18. The van der Waals surface area contributed by atoms with Crippen LogP contribution in [0.5, 0.6) is 5.75 Å². The highest BCUT2D eigenvalue weighted by Gasteiger charge is 2.52. The fourth-order valence-electron chi connectivity index (χ4n) is 5.21. The van der Waals surface area contributed by atoms with Crippen molar-refractivity contribution in [2.24, 2.45) is 0 Å². The van der Waals surface area contributed by atoms with Crippen LogP contribution in [0.4, 0.5) is 0 Å². The standard InChI is InChI=1S/C32H42BNO6/c1-22-11-9-12-24(19-22)30-34-28(23(2)38-30)21-37-26-14-10-13-25(20-26)35-17-18-36-29-16-8-7-15-27(29)33-39-31(3,4)32(5,6)40-33/h7-9,11-12,15-16,19,25-26H,10,13-14,17-18,20-21H2,1-6H3. The van der Waals surface area contributed by atoms with Gasteiger partial charge in [-0.2, -0.15) is 0 Å². The number of hydrogen-bond acceptors (Lipinski definition) is 7. The van der Waals surface area contributed by atoms with Gasteiger partial charge in [-0.3, -0.25) is 0 Å². The van der Waals surface area contributed by atoms with E-state index in [0.29, 0.717) is 25.7 Å². The summed E-state index contributed by atoms with van der Waals surface area (Å²) in [6, 6.07) is 16.1. The zero-order chi connectivity index (χ0) is 28.3. The Morgan fingerprint density at radius 1 is 0.900 bits per heavy atom. The average Bonchev–Trinajstić information content (AvgIpc) is 3.40. The molecule has 2 aromatic carbocycles. The second-order valence-electron chi connectivity index (χ2n) is 12.0. The van der Waals surface area contributed by atoms with Gasteiger partial charge in [0.25, 0.3) is 0 Å². The zero-order valence-electron chi connectivity index (χ0n) is 24.7. The zero-order valence-corrected chi connectivity index (χ0v) is 24.7. The van der Waals surface area contributed by atoms with Gasteiger partial charge in [0, 0.05) is 11.0 Å². The molecule has 1 saturated heterocycles. The van der Waals surface area contributed by atoms with Crippen molar-refractivity contribution in [3.63, 3.8) is 0 Å². The molecule has 0 amide bonds. The molecule has 2 aliphatic rings. The van der Waals surface area contributed by atoms with Crippen LogP contribution in [-0.2, 0) is 25.4 Å². The lowest BCUT2D eigenvalue weighted by atomic mass is 9.78. The van der Waals surface area contributed by atoms with Crippen molar-refractivity contribution in [1.82, 2.24) is 4.98 Å². The van der Waals surface area contributed by atoms with Gasteiger partial charge in [-0.05, 0) is 85.4 Å². The highest BCUT2D eigenvalue weighted by molar-refractivity contribution is 6.63. The van der Waals surface area contributed by atoms with E-state index in [1.165, 1.54) is 5.56 Å². The van der Waals surface area contributed by atoms with Gasteiger partial charge in [-0.15, -0.1) is 0 Å². The molecule has 214 valence electrons. The summed E-state index contributed by atoms with van der Waals surface area (Å²) >= 11 is 0. The third-order valence-corrected chi connectivity index (χ3v) is 8.31. The molecule has 1 aliphatic heterocycles. The van der Waals surface area contributed by atoms with E-state index < -0.39 is 18.3 Å². The highest BCUT2D eigenvalue weighted by Crippen LogP contribution is 2.37. The van der Waals surface area contributed by atoms with E-state index in [9.17, 15) is 0 Å². The van der Waals surface area contributed by atoms with Crippen LogP contribution in [0.25, 0.3) is 11.5 Å². The molecule has 1 aromatic heterocycles.